The molecule has 0 aliphatic rings. The Hall–Kier alpha value is -4.27. The van der Waals surface area contributed by atoms with Crippen LogP contribution in [0.3, 0.4) is 0 Å². The number of amides is 1. The lowest BCUT2D eigenvalue weighted by Gasteiger charge is -2.11. The molecule has 2 N–H and O–H groups in total. The zero-order valence-corrected chi connectivity index (χ0v) is 18.6. The summed E-state index contributed by atoms with van der Waals surface area (Å²) in [5.74, 6) is 1.50. The number of nitrogens with one attached hydrogen (secondary N) is 2. The van der Waals surface area contributed by atoms with Crippen molar-refractivity contribution >= 4 is 22.6 Å². The Morgan fingerprint density at radius 1 is 1.03 bits per heavy atom. The van der Waals surface area contributed by atoms with E-state index in [9.17, 15) is 4.79 Å². The molecule has 3 aromatic heterocycles. The molecule has 168 valence electrons. The van der Waals surface area contributed by atoms with Crippen molar-refractivity contribution in [2.24, 2.45) is 0 Å². The van der Waals surface area contributed by atoms with Gasteiger partial charge < -0.3 is 20.1 Å². The Bertz CT molecular complexity index is 1290. The number of methoxy groups -OCH3 is 2. The van der Waals surface area contributed by atoms with Crippen molar-refractivity contribution in [1.82, 2.24) is 25.3 Å². The van der Waals surface area contributed by atoms with Gasteiger partial charge in [-0.3, -0.25) is 9.78 Å². The number of anilines is 1. The molecule has 4 aromatic rings. The van der Waals surface area contributed by atoms with Gasteiger partial charge in [0.25, 0.3) is 11.8 Å². The Morgan fingerprint density at radius 2 is 1.91 bits per heavy atom. The molecule has 0 bridgehead atoms. The summed E-state index contributed by atoms with van der Waals surface area (Å²) in [5, 5.41) is 6.84. The first-order valence-corrected chi connectivity index (χ1v) is 10.4. The van der Waals surface area contributed by atoms with E-state index < -0.39 is 0 Å². The second-order valence-corrected chi connectivity index (χ2v) is 7.15. The number of ether oxygens (including phenoxy) is 2. The van der Waals surface area contributed by atoms with Gasteiger partial charge in [-0.05, 0) is 24.1 Å². The van der Waals surface area contributed by atoms with E-state index in [-0.39, 0.29) is 5.91 Å². The van der Waals surface area contributed by atoms with E-state index in [2.05, 4.69) is 30.6 Å². The predicted octanol–water partition coefficient (Wildman–Crippen LogP) is 3.12. The van der Waals surface area contributed by atoms with Crippen molar-refractivity contribution in [3.63, 3.8) is 0 Å². The Balaban J connectivity index is 1.50. The van der Waals surface area contributed by atoms with Crippen LogP contribution < -0.4 is 20.1 Å². The van der Waals surface area contributed by atoms with Crippen molar-refractivity contribution in [2.45, 2.75) is 6.42 Å². The molecule has 4 rings (SSSR count). The number of hydrogen-bond donors (Lipinski definition) is 2. The minimum absolute atomic E-state index is 0.129. The van der Waals surface area contributed by atoms with E-state index in [0.717, 1.165) is 22.0 Å². The van der Waals surface area contributed by atoms with E-state index in [4.69, 9.17) is 9.47 Å². The highest BCUT2D eigenvalue weighted by Crippen LogP contribution is 2.29. The molecule has 0 radical (unpaired) electrons. The molecule has 0 fully saturated rings. The van der Waals surface area contributed by atoms with Crippen molar-refractivity contribution in [3.05, 3.63) is 66.2 Å². The van der Waals surface area contributed by atoms with Crippen LogP contribution in [0.15, 0.2) is 55.1 Å². The fourth-order valence-corrected chi connectivity index (χ4v) is 3.58. The van der Waals surface area contributed by atoms with Gasteiger partial charge in [0.05, 0.1) is 31.0 Å². The van der Waals surface area contributed by atoms with Crippen molar-refractivity contribution in [2.75, 3.05) is 33.1 Å². The van der Waals surface area contributed by atoms with Crippen LogP contribution in [0.4, 0.5) is 5.82 Å². The standard InChI is InChI=1S/C24H24N6O3/c1-25-23(31)18-8-10-27-22-15(5-4-6-17(18)22)7-9-26-21-12-19(29-14-30-21)16-11-20(32-2)24(33-3)28-13-16/h4-6,8,10-14H,7,9H2,1-3H3,(H,25,31)(H,26,29,30). The van der Waals surface area contributed by atoms with Gasteiger partial charge in [0.1, 0.15) is 12.1 Å². The summed E-state index contributed by atoms with van der Waals surface area (Å²) < 4.78 is 10.5. The molecule has 0 saturated heterocycles. The summed E-state index contributed by atoms with van der Waals surface area (Å²) in [6.45, 7) is 0.631. The molecule has 9 nitrogen and oxygen atoms in total. The van der Waals surface area contributed by atoms with Gasteiger partial charge >= 0.3 is 0 Å². The maximum absolute atomic E-state index is 12.2. The van der Waals surface area contributed by atoms with Crippen LogP contribution >= 0.6 is 0 Å². The van der Waals surface area contributed by atoms with Gasteiger partial charge in [-0.2, -0.15) is 0 Å². The van der Waals surface area contributed by atoms with Crippen LogP contribution in [0.5, 0.6) is 11.6 Å². The fourth-order valence-electron chi connectivity index (χ4n) is 3.58. The summed E-state index contributed by atoms with van der Waals surface area (Å²) in [6.07, 6.45) is 5.55. The first-order valence-electron chi connectivity index (χ1n) is 10.4. The minimum Gasteiger partial charge on any atom is -0.491 e. The molecular formula is C24H24N6O3. The summed E-state index contributed by atoms with van der Waals surface area (Å²) >= 11 is 0. The molecule has 0 saturated carbocycles. The van der Waals surface area contributed by atoms with Crippen LogP contribution in [-0.4, -0.2) is 53.7 Å². The fraction of sp³-hybridized carbons (Fsp3) is 0.208. The van der Waals surface area contributed by atoms with E-state index in [1.54, 1.807) is 39.7 Å². The second-order valence-electron chi connectivity index (χ2n) is 7.15. The molecule has 1 amide bonds. The molecule has 1 aromatic carbocycles. The van der Waals surface area contributed by atoms with Gasteiger partial charge in [-0.15, -0.1) is 0 Å². The number of pyridine rings is 2. The van der Waals surface area contributed by atoms with E-state index >= 15 is 0 Å². The lowest BCUT2D eigenvalue weighted by atomic mass is 10.0. The third-order valence-electron chi connectivity index (χ3n) is 5.22. The van der Waals surface area contributed by atoms with Gasteiger partial charge in [0.2, 0.25) is 0 Å². The van der Waals surface area contributed by atoms with Crippen molar-refractivity contribution < 1.29 is 14.3 Å². The normalized spacial score (nSPS) is 10.6. The number of para-hydroxylation sites is 1. The van der Waals surface area contributed by atoms with Crippen LogP contribution in [0.25, 0.3) is 22.2 Å². The van der Waals surface area contributed by atoms with Gasteiger partial charge in [-0.1, -0.05) is 18.2 Å². The molecule has 0 atom stereocenters. The average Bonchev–Trinajstić information content (AvgIpc) is 2.87. The third kappa shape index (κ3) is 4.67. The SMILES string of the molecule is CNC(=O)c1ccnc2c(CCNc3cc(-c4cnc(OC)c(OC)c4)ncn3)cccc12. The minimum atomic E-state index is -0.129. The summed E-state index contributed by atoms with van der Waals surface area (Å²) in [7, 11) is 4.73. The highest BCUT2D eigenvalue weighted by molar-refractivity contribution is 6.06. The number of benzene rings is 1. The number of hydrogen-bond acceptors (Lipinski definition) is 8. The first kappa shape index (κ1) is 21.9. The largest absolute Gasteiger partial charge is 0.491 e. The van der Waals surface area contributed by atoms with Crippen LogP contribution in [-0.2, 0) is 6.42 Å². The molecule has 0 spiro atoms. The summed E-state index contributed by atoms with van der Waals surface area (Å²) in [5.41, 5.74) is 3.98. The van der Waals surface area contributed by atoms with Gasteiger partial charge in [-0.25, -0.2) is 15.0 Å². The zero-order chi connectivity index (χ0) is 23.2. The number of fused-ring (bicyclic) bond motifs is 1. The number of rotatable bonds is 8. The van der Waals surface area contributed by atoms with E-state index in [0.29, 0.717) is 41.7 Å². The molecule has 33 heavy (non-hydrogen) atoms. The average molecular weight is 444 g/mol. The molecule has 9 heteroatoms. The Kier molecular flexibility index (Phi) is 6.58. The maximum Gasteiger partial charge on any atom is 0.256 e. The van der Waals surface area contributed by atoms with Crippen molar-refractivity contribution in [1.29, 1.82) is 0 Å². The second kappa shape index (κ2) is 9.90. The maximum atomic E-state index is 12.2. The monoisotopic (exact) mass is 444 g/mol. The number of carbonyl (C=O) groups is 1. The predicted molar refractivity (Wildman–Crippen MR) is 126 cm³/mol. The molecule has 0 aliphatic heterocycles. The smallest absolute Gasteiger partial charge is 0.256 e. The third-order valence-corrected chi connectivity index (χ3v) is 5.22. The Labute approximate surface area is 191 Å². The molecular weight excluding hydrogens is 420 g/mol. The van der Waals surface area contributed by atoms with Gasteiger partial charge in [0, 0.05) is 43.0 Å². The first-order chi connectivity index (χ1) is 16.1. The van der Waals surface area contributed by atoms with E-state index in [1.807, 2.05) is 30.3 Å². The number of nitrogens with zero attached hydrogens (tertiary/aromatic N) is 4. The highest BCUT2D eigenvalue weighted by Gasteiger charge is 2.12. The highest BCUT2D eigenvalue weighted by atomic mass is 16.5. The van der Waals surface area contributed by atoms with Gasteiger partial charge in [0.15, 0.2) is 5.75 Å². The van der Waals surface area contributed by atoms with E-state index in [1.165, 1.54) is 6.33 Å². The number of carbonyl (C=O) groups excluding carboxylic acids is 1. The summed E-state index contributed by atoms with van der Waals surface area (Å²) in [4.78, 5) is 29.6. The lowest BCUT2D eigenvalue weighted by Crippen LogP contribution is -2.18. The zero-order valence-electron chi connectivity index (χ0n) is 18.6. The molecule has 0 aliphatic carbocycles. The summed E-state index contributed by atoms with van der Waals surface area (Å²) in [6, 6.07) is 11.3. The Morgan fingerprint density at radius 3 is 2.70 bits per heavy atom. The van der Waals surface area contributed by atoms with Crippen LogP contribution in [0.2, 0.25) is 0 Å². The topological polar surface area (TPSA) is 111 Å². The van der Waals surface area contributed by atoms with Crippen molar-refractivity contribution in [3.8, 4) is 22.9 Å². The number of aromatic nitrogens is 4. The van der Waals surface area contributed by atoms with Crippen LogP contribution in [0, 0.1) is 0 Å². The quantitative estimate of drug-likeness (QED) is 0.426. The molecule has 3 heterocycles. The lowest BCUT2D eigenvalue weighted by molar-refractivity contribution is 0.0964. The molecule has 0 unspecified atom stereocenters. The van der Waals surface area contributed by atoms with Crippen LogP contribution in [0.1, 0.15) is 15.9 Å².